The normalized spacial score (nSPS) is 44.5. The molecule has 4 bridgehead atoms. The summed E-state index contributed by atoms with van der Waals surface area (Å²) in [6.45, 7) is 2.17. The van der Waals surface area contributed by atoms with Crippen molar-refractivity contribution >= 4 is 0 Å². The van der Waals surface area contributed by atoms with Crippen LogP contribution in [0.2, 0.25) is 0 Å². The first-order valence-corrected chi connectivity index (χ1v) is 8.76. The lowest BCUT2D eigenvalue weighted by Gasteiger charge is -2.39. The van der Waals surface area contributed by atoms with Crippen LogP contribution in [0, 0.1) is 0 Å². The fourth-order valence-corrected chi connectivity index (χ4v) is 5.94. The zero-order chi connectivity index (χ0) is 16.1. The Labute approximate surface area is 140 Å². The third kappa shape index (κ3) is 1.39. The molecule has 7 rings (SSSR count). The lowest BCUT2D eigenvalue weighted by Crippen LogP contribution is -2.47. The number of hydrogen-bond acceptors (Lipinski definition) is 6. The van der Waals surface area contributed by atoms with E-state index in [0.717, 1.165) is 55.0 Å². The van der Waals surface area contributed by atoms with Crippen molar-refractivity contribution in [2.24, 2.45) is 0 Å². The summed E-state index contributed by atoms with van der Waals surface area (Å²) in [5.41, 5.74) is 2.19. The van der Waals surface area contributed by atoms with Crippen molar-refractivity contribution in [1.29, 1.82) is 0 Å². The Morgan fingerprint density at radius 3 is 2.83 bits per heavy atom. The van der Waals surface area contributed by atoms with Gasteiger partial charge in [0.05, 0.1) is 6.10 Å². The first-order chi connectivity index (χ1) is 11.7. The third-order valence-corrected chi connectivity index (χ3v) is 6.90. The summed E-state index contributed by atoms with van der Waals surface area (Å²) in [6, 6.07) is 4.12. The van der Waals surface area contributed by atoms with Crippen molar-refractivity contribution in [2.45, 2.75) is 48.7 Å². The second-order valence-electron chi connectivity index (χ2n) is 7.71. The molecule has 1 saturated carbocycles. The van der Waals surface area contributed by atoms with Gasteiger partial charge in [-0.2, -0.15) is 0 Å². The molecular formula is C18H21NO5. The van der Waals surface area contributed by atoms with Crippen LogP contribution in [0.1, 0.15) is 42.4 Å². The molecule has 0 unspecified atom stereocenters. The summed E-state index contributed by atoms with van der Waals surface area (Å²) >= 11 is 0. The van der Waals surface area contributed by atoms with Gasteiger partial charge >= 0.3 is 0 Å². The average molecular weight is 331 g/mol. The molecule has 5 aliphatic heterocycles. The van der Waals surface area contributed by atoms with Crippen LogP contribution >= 0.6 is 0 Å². The van der Waals surface area contributed by atoms with Gasteiger partial charge in [-0.25, -0.2) is 0 Å². The minimum absolute atomic E-state index is 0.0167. The number of nitrogens with zero attached hydrogens (tertiary/aromatic N) is 1. The first-order valence-electron chi connectivity index (χ1n) is 8.76. The van der Waals surface area contributed by atoms with Crippen LogP contribution in [0.15, 0.2) is 12.1 Å². The maximum atomic E-state index is 11.2. The maximum absolute atomic E-state index is 11.2. The summed E-state index contributed by atoms with van der Waals surface area (Å²) in [5.74, 6) is 0.617. The molecule has 6 heteroatoms. The van der Waals surface area contributed by atoms with E-state index < -0.39 is 11.9 Å². The highest BCUT2D eigenvalue weighted by Gasteiger charge is 2.70. The Hall–Kier alpha value is -1.34. The number of benzene rings is 1. The van der Waals surface area contributed by atoms with Crippen molar-refractivity contribution in [3.8, 4) is 11.5 Å². The summed E-state index contributed by atoms with van der Waals surface area (Å²) in [6.07, 6.45) is 2.18. The smallest absolute Gasteiger partial charge is 0.231 e. The van der Waals surface area contributed by atoms with Gasteiger partial charge in [-0.3, -0.25) is 4.90 Å². The molecule has 1 aromatic carbocycles. The Morgan fingerprint density at radius 1 is 1.25 bits per heavy atom. The average Bonchev–Trinajstić information content (AvgIpc) is 3.19. The molecule has 24 heavy (non-hydrogen) atoms. The van der Waals surface area contributed by atoms with Gasteiger partial charge in [0.15, 0.2) is 17.3 Å². The lowest BCUT2D eigenvalue weighted by molar-refractivity contribution is -0.277. The molecule has 1 aliphatic carbocycles. The fourth-order valence-electron chi connectivity index (χ4n) is 5.94. The van der Waals surface area contributed by atoms with E-state index >= 15 is 0 Å². The monoisotopic (exact) mass is 331 g/mol. The van der Waals surface area contributed by atoms with Gasteiger partial charge in [-0.05, 0) is 42.6 Å². The molecule has 6 aliphatic rings. The van der Waals surface area contributed by atoms with Crippen molar-refractivity contribution < 1.29 is 24.1 Å². The van der Waals surface area contributed by atoms with Crippen LogP contribution in [-0.4, -0.2) is 54.4 Å². The van der Waals surface area contributed by atoms with E-state index in [-0.39, 0.29) is 24.4 Å². The molecule has 1 N–H and O–H groups in total. The Kier molecular flexibility index (Phi) is 2.46. The van der Waals surface area contributed by atoms with E-state index in [4.69, 9.17) is 18.9 Å². The molecule has 3 fully saturated rings. The van der Waals surface area contributed by atoms with Crippen LogP contribution in [0.4, 0.5) is 0 Å². The van der Waals surface area contributed by atoms with Crippen LogP contribution < -0.4 is 9.47 Å². The SMILES string of the molecule is CO[C@]12C[C@@]34CCCN3C[C@@H](O1)c1cc3c(cc1[C@@H]4[C@H]2O)OCO3. The summed E-state index contributed by atoms with van der Waals surface area (Å²) in [5, 5.41) is 11.2. The van der Waals surface area contributed by atoms with E-state index in [1.807, 2.05) is 0 Å². The number of methoxy groups -OCH3 is 1. The van der Waals surface area contributed by atoms with Gasteiger partial charge in [0.25, 0.3) is 0 Å². The van der Waals surface area contributed by atoms with Gasteiger partial charge in [0, 0.05) is 31.5 Å². The minimum Gasteiger partial charge on any atom is -0.454 e. The summed E-state index contributed by atoms with van der Waals surface area (Å²) < 4.78 is 23.5. The predicted molar refractivity (Wildman–Crippen MR) is 83.0 cm³/mol. The number of ether oxygens (including phenoxy) is 4. The predicted octanol–water partition coefficient (Wildman–Crippen LogP) is 1.53. The highest BCUT2D eigenvalue weighted by Crippen LogP contribution is 2.64. The number of rotatable bonds is 1. The van der Waals surface area contributed by atoms with Crippen LogP contribution in [-0.2, 0) is 9.47 Å². The van der Waals surface area contributed by atoms with Crippen LogP contribution in [0.3, 0.4) is 0 Å². The molecule has 0 amide bonds. The zero-order valence-electron chi connectivity index (χ0n) is 13.7. The van der Waals surface area contributed by atoms with Crippen LogP contribution in [0.25, 0.3) is 0 Å². The van der Waals surface area contributed by atoms with E-state index in [2.05, 4.69) is 17.0 Å². The standard InChI is InChI=1S/C18H21NO5/c1-21-18-8-17-3-2-4-19(17)7-14(24-18)10-5-12-13(23-9-22-12)6-11(10)15(17)16(18)20/h5-6,14-16,20H,2-4,7-9H2,1H3/t14-,15-,16-,17-,18-/m1/s1. The molecule has 5 heterocycles. The highest BCUT2D eigenvalue weighted by atomic mass is 16.7. The Morgan fingerprint density at radius 2 is 2.04 bits per heavy atom. The summed E-state index contributed by atoms with van der Waals surface area (Å²) in [7, 11) is 1.66. The van der Waals surface area contributed by atoms with Crippen LogP contribution in [0.5, 0.6) is 11.5 Å². The van der Waals surface area contributed by atoms with Crippen molar-refractivity contribution in [3.63, 3.8) is 0 Å². The number of hydrogen-bond donors (Lipinski definition) is 1. The quantitative estimate of drug-likeness (QED) is 0.842. The van der Waals surface area contributed by atoms with Gasteiger partial charge in [-0.1, -0.05) is 0 Å². The topological polar surface area (TPSA) is 60.4 Å². The molecule has 6 nitrogen and oxygen atoms in total. The van der Waals surface area contributed by atoms with Crippen molar-refractivity contribution in [2.75, 3.05) is 27.0 Å². The lowest BCUT2D eigenvalue weighted by atomic mass is 9.78. The molecule has 2 saturated heterocycles. The second kappa shape index (κ2) is 4.25. The maximum Gasteiger partial charge on any atom is 0.231 e. The van der Waals surface area contributed by atoms with Gasteiger partial charge in [-0.15, -0.1) is 0 Å². The molecule has 0 aromatic heterocycles. The molecule has 1 spiro atoms. The first kappa shape index (κ1) is 13.9. The molecule has 5 atom stereocenters. The Balaban J connectivity index is 1.64. The van der Waals surface area contributed by atoms with E-state index in [1.54, 1.807) is 7.11 Å². The second-order valence-corrected chi connectivity index (χ2v) is 7.71. The molecule has 0 radical (unpaired) electrons. The van der Waals surface area contributed by atoms with Gasteiger partial charge in [0.1, 0.15) is 6.10 Å². The number of aliphatic hydroxyl groups is 1. The largest absolute Gasteiger partial charge is 0.454 e. The van der Waals surface area contributed by atoms with E-state index in [0.29, 0.717) is 0 Å². The van der Waals surface area contributed by atoms with Gasteiger partial charge < -0.3 is 24.1 Å². The zero-order valence-corrected chi connectivity index (χ0v) is 13.7. The van der Waals surface area contributed by atoms with Crippen molar-refractivity contribution in [1.82, 2.24) is 4.90 Å². The number of fused-ring (bicyclic) bond motifs is 1. The van der Waals surface area contributed by atoms with Crippen molar-refractivity contribution in [3.05, 3.63) is 23.3 Å². The molecule has 128 valence electrons. The highest BCUT2D eigenvalue weighted by molar-refractivity contribution is 5.54. The minimum atomic E-state index is -0.917. The fraction of sp³-hybridized carbons (Fsp3) is 0.667. The summed E-state index contributed by atoms with van der Waals surface area (Å²) in [4.78, 5) is 2.53. The Bertz CT molecular complexity index is 738. The molecule has 1 aromatic rings. The molecular weight excluding hydrogens is 310 g/mol. The van der Waals surface area contributed by atoms with Gasteiger partial charge in [0.2, 0.25) is 6.79 Å². The third-order valence-electron chi connectivity index (χ3n) is 6.90. The van der Waals surface area contributed by atoms with E-state index in [9.17, 15) is 5.11 Å². The van der Waals surface area contributed by atoms with E-state index in [1.165, 1.54) is 0 Å². The number of aliphatic hydroxyl groups excluding tert-OH is 1.